The number of unbranched alkanes of at least 4 members (excludes halogenated alkanes) is 3. The van der Waals surface area contributed by atoms with Gasteiger partial charge in [-0.3, -0.25) is 0 Å². The zero-order valence-electron chi connectivity index (χ0n) is 8.05. The molecule has 0 aliphatic heterocycles. The fraction of sp³-hybridized carbons (Fsp3) is 1.00. The molecule has 0 unspecified atom stereocenters. The van der Waals surface area contributed by atoms with E-state index in [2.05, 4.69) is 0 Å². The van der Waals surface area contributed by atoms with Crippen LogP contribution in [0.3, 0.4) is 0 Å². The average molecular weight is 191 g/mol. The van der Waals surface area contributed by atoms with Crippen LogP contribution < -0.4 is 5.73 Å². The third kappa shape index (κ3) is 10.1. The number of hydrogen-bond donors (Lipinski definition) is 1. The molecule has 74 valence electrons. The summed E-state index contributed by atoms with van der Waals surface area (Å²) >= 11 is 0. The van der Waals surface area contributed by atoms with Gasteiger partial charge in [0, 0.05) is 13.2 Å². The number of nitrogens with two attached hydrogens (primary N) is 1. The molecule has 3 nitrogen and oxygen atoms in total. The molecule has 0 aromatic carbocycles. The highest BCUT2D eigenvalue weighted by Crippen LogP contribution is 1.98. The summed E-state index contributed by atoms with van der Waals surface area (Å²) < 4.78 is 10.5. The van der Waals surface area contributed by atoms with Crippen molar-refractivity contribution < 1.29 is 8.85 Å². The number of hydrogen-bond acceptors (Lipinski definition) is 3. The summed E-state index contributed by atoms with van der Waals surface area (Å²) in [6, 6.07) is 0. The highest BCUT2D eigenvalue weighted by atomic mass is 28.3. The summed E-state index contributed by atoms with van der Waals surface area (Å²) in [5.74, 6) is 0. The summed E-state index contributed by atoms with van der Waals surface area (Å²) in [6.45, 7) is 4.47. The Labute approximate surface area is 77.7 Å². The van der Waals surface area contributed by atoms with E-state index >= 15 is 0 Å². The van der Waals surface area contributed by atoms with Gasteiger partial charge in [0.25, 0.3) is 0 Å². The lowest BCUT2D eigenvalue weighted by Gasteiger charge is -2.02. The Morgan fingerprint density at radius 2 is 1.83 bits per heavy atom. The van der Waals surface area contributed by atoms with Gasteiger partial charge >= 0.3 is 10.0 Å². The first-order valence-electron chi connectivity index (χ1n) is 4.77. The second-order valence-electron chi connectivity index (χ2n) is 2.72. The molecule has 0 aliphatic carbocycles. The molecule has 0 amide bonds. The molecular formula is C8H21NO2Si. The van der Waals surface area contributed by atoms with Crippen molar-refractivity contribution in [1.82, 2.24) is 0 Å². The molecular weight excluding hydrogens is 170 g/mol. The molecule has 0 rings (SSSR count). The third-order valence-electron chi connectivity index (χ3n) is 1.61. The van der Waals surface area contributed by atoms with Crippen molar-refractivity contribution in [2.45, 2.75) is 32.6 Å². The molecule has 0 heterocycles. The monoisotopic (exact) mass is 191 g/mol. The summed E-state index contributed by atoms with van der Waals surface area (Å²) in [6.07, 6.45) is 4.76. The SMILES string of the molecule is CCO[SiH2]OCCCCCCN. The molecule has 0 radical (unpaired) electrons. The predicted molar refractivity (Wildman–Crippen MR) is 53.6 cm³/mol. The van der Waals surface area contributed by atoms with Crippen molar-refractivity contribution in [3.8, 4) is 0 Å². The van der Waals surface area contributed by atoms with Crippen molar-refractivity contribution in [2.75, 3.05) is 19.8 Å². The zero-order chi connectivity index (χ0) is 9.07. The van der Waals surface area contributed by atoms with E-state index in [9.17, 15) is 0 Å². The van der Waals surface area contributed by atoms with Crippen molar-refractivity contribution in [3.05, 3.63) is 0 Å². The van der Waals surface area contributed by atoms with Crippen LogP contribution in [-0.2, 0) is 8.85 Å². The van der Waals surface area contributed by atoms with Gasteiger partial charge < -0.3 is 14.6 Å². The molecule has 0 fully saturated rings. The molecule has 2 N–H and O–H groups in total. The van der Waals surface area contributed by atoms with E-state index in [4.69, 9.17) is 14.6 Å². The minimum atomic E-state index is -0.653. The maximum atomic E-state index is 5.36. The van der Waals surface area contributed by atoms with Crippen LogP contribution in [0.5, 0.6) is 0 Å². The van der Waals surface area contributed by atoms with Crippen LogP contribution in [0.1, 0.15) is 32.6 Å². The van der Waals surface area contributed by atoms with Gasteiger partial charge in [-0.1, -0.05) is 12.8 Å². The minimum absolute atomic E-state index is 0.653. The number of rotatable bonds is 9. The fourth-order valence-corrected chi connectivity index (χ4v) is 1.51. The smallest absolute Gasteiger partial charge is 0.304 e. The highest BCUT2D eigenvalue weighted by molar-refractivity contribution is 6.17. The molecule has 0 saturated heterocycles. The molecule has 12 heavy (non-hydrogen) atoms. The maximum absolute atomic E-state index is 5.36. The van der Waals surface area contributed by atoms with Gasteiger partial charge in [0.15, 0.2) is 0 Å². The quantitative estimate of drug-likeness (QED) is 0.428. The van der Waals surface area contributed by atoms with Gasteiger partial charge in [-0.15, -0.1) is 0 Å². The first-order chi connectivity index (χ1) is 5.91. The minimum Gasteiger partial charge on any atom is -0.399 e. The Kier molecular flexibility index (Phi) is 11.2. The van der Waals surface area contributed by atoms with E-state index in [1.54, 1.807) is 0 Å². The first kappa shape index (κ1) is 12.1. The molecule has 0 aliphatic rings. The Morgan fingerprint density at radius 1 is 1.08 bits per heavy atom. The van der Waals surface area contributed by atoms with Gasteiger partial charge in [-0.2, -0.15) is 0 Å². The van der Waals surface area contributed by atoms with E-state index < -0.39 is 10.0 Å². The standard InChI is InChI=1S/C8H21NO2Si/c1-2-10-12-11-8-6-4-3-5-7-9/h2-9,12H2,1H3. The van der Waals surface area contributed by atoms with Crippen LogP contribution in [0.4, 0.5) is 0 Å². The zero-order valence-corrected chi connectivity index (χ0v) is 9.46. The average Bonchev–Trinajstić information content (AvgIpc) is 2.10. The van der Waals surface area contributed by atoms with Crippen molar-refractivity contribution >= 4 is 10.0 Å². The molecule has 0 atom stereocenters. The van der Waals surface area contributed by atoms with Crippen LogP contribution in [0.25, 0.3) is 0 Å². The largest absolute Gasteiger partial charge is 0.399 e. The normalized spacial score (nSPS) is 11.5. The highest BCUT2D eigenvalue weighted by Gasteiger charge is 1.90. The van der Waals surface area contributed by atoms with E-state index in [-0.39, 0.29) is 0 Å². The molecule has 0 spiro atoms. The summed E-state index contributed by atoms with van der Waals surface area (Å²) in [4.78, 5) is 0. The lowest BCUT2D eigenvalue weighted by molar-refractivity contribution is 0.226. The molecule has 0 aromatic heterocycles. The summed E-state index contributed by atoms with van der Waals surface area (Å²) in [5, 5.41) is 0. The molecule has 0 bridgehead atoms. The molecule has 0 saturated carbocycles. The van der Waals surface area contributed by atoms with Gasteiger partial charge in [-0.25, -0.2) is 0 Å². The lowest BCUT2D eigenvalue weighted by atomic mass is 10.2. The van der Waals surface area contributed by atoms with Crippen LogP contribution in [0.2, 0.25) is 0 Å². The lowest BCUT2D eigenvalue weighted by Crippen LogP contribution is -2.05. The second kappa shape index (κ2) is 11.1. The van der Waals surface area contributed by atoms with Gasteiger partial charge in [0.2, 0.25) is 0 Å². The van der Waals surface area contributed by atoms with Crippen LogP contribution >= 0.6 is 0 Å². The van der Waals surface area contributed by atoms with Crippen molar-refractivity contribution in [2.24, 2.45) is 5.73 Å². The Balaban J connectivity index is 2.73. The topological polar surface area (TPSA) is 44.5 Å². The van der Waals surface area contributed by atoms with E-state index in [0.29, 0.717) is 0 Å². The first-order valence-corrected chi connectivity index (χ1v) is 5.92. The van der Waals surface area contributed by atoms with Gasteiger partial charge in [0.1, 0.15) is 0 Å². The van der Waals surface area contributed by atoms with Crippen LogP contribution in [0.15, 0.2) is 0 Å². The van der Waals surface area contributed by atoms with Crippen molar-refractivity contribution in [1.29, 1.82) is 0 Å². The predicted octanol–water partition coefficient (Wildman–Crippen LogP) is 0.557. The van der Waals surface area contributed by atoms with Gasteiger partial charge in [-0.05, 0) is 26.3 Å². The van der Waals surface area contributed by atoms with Crippen molar-refractivity contribution in [3.63, 3.8) is 0 Å². The molecule has 0 aromatic rings. The Bertz CT molecular complexity index is 73.5. The van der Waals surface area contributed by atoms with E-state index in [0.717, 1.165) is 32.6 Å². The second-order valence-corrected chi connectivity index (χ2v) is 3.77. The van der Waals surface area contributed by atoms with Crippen LogP contribution in [0, 0.1) is 0 Å². The Hall–Kier alpha value is 0.0969. The maximum Gasteiger partial charge on any atom is 0.304 e. The Morgan fingerprint density at radius 3 is 2.50 bits per heavy atom. The van der Waals surface area contributed by atoms with Gasteiger partial charge in [0.05, 0.1) is 0 Å². The third-order valence-corrected chi connectivity index (χ3v) is 2.64. The van der Waals surface area contributed by atoms with Crippen LogP contribution in [-0.4, -0.2) is 29.8 Å². The van der Waals surface area contributed by atoms with E-state index in [1.165, 1.54) is 12.8 Å². The van der Waals surface area contributed by atoms with E-state index in [1.807, 2.05) is 6.92 Å². The summed E-state index contributed by atoms with van der Waals surface area (Å²) in [5.41, 5.74) is 5.36. The molecule has 4 heteroatoms. The summed E-state index contributed by atoms with van der Waals surface area (Å²) in [7, 11) is -0.653. The fourth-order valence-electron chi connectivity index (χ4n) is 0.903.